The number of hydrogen-bond donors (Lipinski definition) is 0. The van der Waals surface area contributed by atoms with Crippen molar-refractivity contribution in [2.75, 3.05) is 0 Å². The predicted octanol–water partition coefficient (Wildman–Crippen LogP) is 3.86. The zero-order chi connectivity index (χ0) is 13.4. The van der Waals surface area contributed by atoms with E-state index in [0.29, 0.717) is 17.7 Å². The zero-order valence-corrected chi connectivity index (χ0v) is 12.0. The summed E-state index contributed by atoms with van der Waals surface area (Å²) in [6.45, 7) is 1.93. The molecule has 0 aliphatic carbocycles. The fourth-order valence-corrected chi connectivity index (χ4v) is 2.57. The van der Waals surface area contributed by atoms with Crippen molar-refractivity contribution in [1.82, 2.24) is 4.98 Å². The molecule has 96 valence electrons. The van der Waals surface area contributed by atoms with Crippen molar-refractivity contribution in [3.8, 4) is 5.75 Å². The third-order valence-corrected chi connectivity index (χ3v) is 3.62. The molecule has 1 aromatic carbocycles. The van der Waals surface area contributed by atoms with Crippen LogP contribution < -0.4 is 4.74 Å². The number of ether oxygens (including phenoxy) is 1. The van der Waals surface area contributed by atoms with Gasteiger partial charge in [0.05, 0.1) is 17.7 Å². The van der Waals surface area contributed by atoms with Crippen LogP contribution in [0.2, 0.25) is 0 Å². The molecule has 0 saturated carbocycles. The molecule has 0 radical (unpaired) electrons. The molecule has 3 nitrogen and oxygen atoms in total. The predicted molar refractivity (Wildman–Crippen MR) is 75.4 cm³/mol. The highest BCUT2D eigenvalue weighted by Gasteiger charge is 2.28. The minimum atomic E-state index is -0.291. The number of benzene rings is 1. The van der Waals surface area contributed by atoms with Gasteiger partial charge >= 0.3 is 0 Å². The highest BCUT2D eigenvalue weighted by atomic mass is 79.9. The van der Waals surface area contributed by atoms with Crippen molar-refractivity contribution in [1.29, 1.82) is 0 Å². The Labute approximate surface area is 119 Å². The number of Topliss-reactive ketones (excluding diaryl/α,β-unsaturated/α-hetero) is 1. The Morgan fingerprint density at radius 3 is 2.95 bits per heavy atom. The number of aryl methyl sites for hydroxylation is 1. The summed E-state index contributed by atoms with van der Waals surface area (Å²) in [4.78, 5) is 16.6. The Balaban J connectivity index is 1.97. The molecule has 0 amide bonds. The van der Waals surface area contributed by atoms with Crippen LogP contribution in [0.5, 0.6) is 5.75 Å². The van der Waals surface area contributed by atoms with Gasteiger partial charge < -0.3 is 4.74 Å². The first-order chi connectivity index (χ1) is 9.13. The number of rotatable bonds is 1. The van der Waals surface area contributed by atoms with Gasteiger partial charge in [-0.25, -0.2) is 0 Å². The Hall–Kier alpha value is -1.68. The van der Waals surface area contributed by atoms with Crippen LogP contribution in [0.4, 0.5) is 0 Å². The summed E-state index contributed by atoms with van der Waals surface area (Å²) in [6.07, 6.45) is 0.0426. The second-order valence-electron chi connectivity index (χ2n) is 4.58. The summed E-state index contributed by atoms with van der Waals surface area (Å²) >= 11 is 3.37. The number of aromatic nitrogens is 1. The molecular formula is C15H12BrNO2. The third-order valence-electron chi connectivity index (χ3n) is 3.12. The molecule has 4 heteroatoms. The Bertz CT molecular complexity index is 654. The highest BCUT2D eigenvalue weighted by Crippen LogP contribution is 2.35. The second kappa shape index (κ2) is 4.78. The number of fused-ring (bicyclic) bond motifs is 1. The number of ketones is 1. The van der Waals surface area contributed by atoms with Gasteiger partial charge in [0.15, 0.2) is 5.78 Å². The first-order valence-electron chi connectivity index (χ1n) is 6.06. The number of nitrogens with zero attached hydrogens (tertiary/aromatic N) is 1. The third kappa shape index (κ3) is 2.40. The second-order valence-corrected chi connectivity index (χ2v) is 5.49. The number of carbonyl (C=O) groups excluding carboxylic acids is 1. The quantitative estimate of drug-likeness (QED) is 0.801. The molecule has 1 aliphatic heterocycles. The van der Waals surface area contributed by atoms with Gasteiger partial charge in [0, 0.05) is 10.2 Å². The van der Waals surface area contributed by atoms with E-state index in [4.69, 9.17) is 4.74 Å². The standard InChI is InChI=1S/C15H12BrNO2/c1-9-3-2-4-12(17-9)15-8-13(18)11-7-10(16)5-6-14(11)19-15/h2-7,15H,8H2,1H3. The number of halogens is 1. The van der Waals surface area contributed by atoms with E-state index in [1.807, 2.05) is 37.3 Å². The lowest BCUT2D eigenvalue weighted by atomic mass is 9.99. The molecule has 1 unspecified atom stereocenters. The Morgan fingerprint density at radius 1 is 1.32 bits per heavy atom. The van der Waals surface area contributed by atoms with Gasteiger partial charge in [-0.3, -0.25) is 9.78 Å². The monoisotopic (exact) mass is 317 g/mol. The molecule has 0 fully saturated rings. The summed E-state index contributed by atoms with van der Waals surface area (Å²) in [6, 6.07) is 11.3. The molecular weight excluding hydrogens is 306 g/mol. The molecule has 0 spiro atoms. The Morgan fingerprint density at radius 2 is 2.16 bits per heavy atom. The van der Waals surface area contributed by atoms with Crippen molar-refractivity contribution in [3.05, 3.63) is 57.8 Å². The normalized spacial score (nSPS) is 17.8. The molecule has 3 rings (SSSR count). The molecule has 1 aromatic heterocycles. The van der Waals surface area contributed by atoms with Gasteiger partial charge in [-0.15, -0.1) is 0 Å². The lowest BCUT2D eigenvalue weighted by molar-refractivity contribution is 0.0844. The minimum Gasteiger partial charge on any atom is -0.483 e. The average molecular weight is 318 g/mol. The van der Waals surface area contributed by atoms with Gasteiger partial charge in [0.2, 0.25) is 0 Å². The van der Waals surface area contributed by atoms with Crippen LogP contribution in [0.1, 0.15) is 34.3 Å². The molecule has 2 aromatic rings. The van der Waals surface area contributed by atoms with Crippen LogP contribution in [0.15, 0.2) is 40.9 Å². The number of carbonyl (C=O) groups is 1. The fourth-order valence-electron chi connectivity index (χ4n) is 2.20. The maximum Gasteiger partial charge on any atom is 0.170 e. The smallest absolute Gasteiger partial charge is 0.170 e. The van der Waals surface area contributed by atoms with Gasteiger partial charge in [-0.2, -0.15) is 0 Å². The van der Waals surface area contributed by atoms with Crippen LogP contribution in [0.3, 0.4) is 0 Å². The number of pyridine rings is 1. The minimum absolute atomic E-state index is 0.0934. The molecule has 0 N–H and O–H groups in total. The summed E-state index contributed by atoms with van der Waals surface area (Å²) in [7, 11) is 0. The summed E-state index contributed by atoms with van der Waals surface area (Å²) in [5, 5.41) is 0. The van der Waals surface area contributed by atoms with Gasteiger partial charge in [-0.1, -0.05) is 22.0 Å². The van der Waals surface area contributed by atoms with E-state index in [0.717, 1.165) is 15.9 Å². The van der Waals surface area contributed by atoms with Crippen LogP contribution in [0.25, 0.3) is 0 Å². The summed E-state index contributed by atoms with van der Waals surface area (Å²) in [5.74, 6) is 0.726. The van der Waals surface area contributed by atoms with E-state index in [-0.39, 0.29) is 11.9 Å². The van der Waals surface area contributed by atoms with Crippen molar-refractivity contribution in [2.45, 2.75) is 19.4 Å². The first kappa shape index (κ1) is 12.4. The van der Waals surface area contributed by atoms with Gasteiger partial charge in [0.25, 0.3) is 0 Å². The van der Waals surface area contributed by atoms with E-state index in [2.05, 4.69) is 20.9 Å². The van der Waals surface area contributed by atoms with E-state index in [9.17, 15) is 4.79 Å². The van der Waals surface area contributed by atoms with Gasteiger partial charge in [-0.05, 0) is 37.3 Å². The molecule has 1 aliphatic rings. The lowest BCUT2D eigenvalue weighted by Crippen LogP contribution is -2.21. The van der Waals surface area contributed by atoms with Crippen molar-refractivity contribution in [3.63, 3.8) is 0 Å². The lowest BCUT2D eigenvalue weighted by Gasteiger charge is -2.25. The van der Waals surface area contributed by atoms with Crippen LogP contribution >= 0.6 is 15.9 Å². The topological polar surface area (TPSA) is 39.2 Å². The van der Waals surface area contributed by atoms with E-state index in [1.54, 1.807) is 6.07 Å². The molecule has 0 saturated heterocycles. The Kier molecular flexibility index (Phi) is 3.11. The molecule has 1 atom stereocenters. The van der Waals surface area contributed by atoms with Crippen molar-refractivity contribution < 1.29 is 9.53 Å². The van der Waals surface area contributed by atoms with Crippen LogP contribution in [-0.2, 0) is 0 Å². The van der Waals surface area contributed by atoms with E-state index < -0.39 is 0 Å². The average Bonchev–Trinajstić information content (AvgIpc) is 2.39. The first-order valence-corrected chi connectivity index (χ1v) is 6.86. The zero-order valence-electron chi connectivity index (χ0n) is 10.4. The summed E-state index contributed by atoms with van der Waals surface area (Å²) in [5.41, 5.74) is 2.37. The van der Waals surface area contributed by atoms with E-state index >= 15 is 0 Å². The largest absolute Gasteiger partial charge is 0.483 e. The van der Waals surface area contributed by atoms with Crippen LogP contribution in [0, 0.1) is 6.92 Å². The summed E-state index contributed by atoms with van der Waals surface area (Å²) < 4.78 is 6.78. The number of hydrogen-bond acceptors (Lipinski definition) is 3. The maximum absolute atomic E-state index is 12.2. The van der Waals surface area contributed by atoms with E-state index in [1.165, 1.54) is 0 Å². The van der Waals surface area contributed by atoms with Crippen molar-refractivity contribution in [2.24, 2.45) is 0 Å². The molecule has 0 bridgehead atoms. The maximum atomic E-state index is 12.2. The highest BCUT2D eigenvalue weighted by molar-refractivity contribution is 9.10. The molecule has 2 heterocycles. The fraction of sp³-hybridized carbons (Fsp3) is 0.200. The van der Waals surface area contributed by atoms with Gasteiger partial charge in [0.1, 0.15) is 11.9 Å². The van der Waals surface area contributed by atoms with Crippen molar-refractivity contribution >= 4 is 21.7 Å². The van der Waals surface area contributed by atoms with Crippen LogP contribution in [-0.4, -0.2) is 10.8 Å². The SMILES string of the molecule is Cc1cccc(C2CC(=O)c3cc(Br)ccc3O2)n1. The molecule has 19 heavy (non-hydrogen) atoms.